The van der Waals surface area contributed by atoms with E-state index in [0.717, 1.165) is 48.6 Å². The average Bonchev–Trinajstić information content (AvgIpc) is 2.85. The smallest absolute Gasteiger partial charge is 0.264 e. The highest BCUT2D eigenvalue weighted by Crippen LogP contribution is 2.25. The van der Waals surface area contributed by atoms with Crippen LogP contribution in [0.4, 0.5) is 23.1 Å². The second kappa shape index (κ2) is 9.26. The minimum atomic E-state index is -3.79. The third-order valence-corrected chi connectivity index (χ3v) is 7.19. The fourth-order valence-corrected chi connectivity index (χ4v) is 5.36. The summed E-state index contributed by atoms with van der Waals surface area (Å²) in [5.41, 5.74) is 2.61. The first-order valence-corrected chi connectivity index (χ1v) is 12.8. The van der Waals surface area contributed by atoms with Crippen LogP contribution in [-0.2, 0) is 10.0 Å². The SMILES string of the molecule is Cc1cc(Nc2ccc(NS(=O)(=O)c3cccc4cccnc34)cc2)nc(N2CCCCC2)n1. The van der Waals surface area contributed by atoms with Crippen LogP contribution in [0.5, 0.6) is 0 Å². The van der Waals surface area contributed by atoms with Crippen LogP contribution in [0.1, 0.15) is 25.0 Å². The minimum absolute atomic E-state index is 0.148. The summed E-state index contributed by atoms with van der Waals surface area (Å²) in [5.74, 6) is 1.46. The molecule has 3 heterocycles. The van der Waals surface area contributed by atoms with Crippen LogP contribution in [0, 0.1) is 6.92 Å². The Morgan fingerprint density at radius 3 is 2.41 bits per heavy atom. The van der Waals surface area contributed by atoms with E-state index in [2.05, 4.69) is 29.9 Å². The zero-order chi connectivity index (χ0) is 23.5. The number of benzene rings is 2. The molecule has 0 saturated carbocycles. The monoisotopic (exact) mass is 474 g/mol. The molecule has 2 aromatic carbocycles. The van der Waals surface area contributed by atoms with E-state index in [1.807, 2.05) is 37.3 Å². The Hall–Kier alpha value is -3.72. The Kier molecular flexibility index (Phi) is 6.02. The number of hydrogen-bond acceptors (Lipinski definition) is 7. The number of anilines is 4. The van der Waals surface area contributed by atoms with Crippen molar-refractivity contribution >= 4 is 44.1 Å². The van der Waals surface area contributed by atoms with Gasteiger partial charge in [-0.15, -0.1) is 0 Å². The highest BCUT2D eigenvalue weighted by molar-refractivity contribution is 7.93. The molecular weight excluding hydrogens is 448 g/mol. The molecule has 1 fully saturated rings. The number of para-hydroxylation sites is 1. The van der Waals surface area contributed by atoms with Crippen molar-refractivity contribution in [1.29, 1.82) is 0 Å². The van der Waals surface area contributed by atoms with Gasteiger partial charge in [0.05, 0.1) is 5.52 Å². The molecule has 8 nitrogen and oxygen atoms in total. The number of piperidine rings is 1. The fourth-order valence-electron chi connectivity index (χ4n) is 4.12. The molecule has 0 bridgehead atoms. The fraction of sp³-hybridized carbons (Fsp3) is 0.240. The summed E-state index contributed by atoms with van der Waals surface area (Å²) >= 11 is 0. The van der Waals surface area contributed by atoms with Crippen LogP contribution in [-0.4, -0.2) is 36.5 Å². The number of nitrogens with one attached hydrogen (secondary N) is 2. The molecule has 1 saturated heterocycles. The first kappa shape index (κ1) is 22.1. The zero-order valence-corrected chi connectivity index (χ0v) is 19.7. The Morgan fingerprint density at radius 1 is 0.882 bits per heavy atom. The summed E-state index contributed by atoms with van der Waals surface area (Å²) in [6.45, 7) is 3.91. The molecule has 2 N–H and O–H groups in total. The van der Waals surface area contributed by atoms with E-state index in [0.29, 0.717) is 17.0 Å². The van der Waals surface area contributed by atoms with Gasteiger partial charge in [-0.2, -0.15) is 4.98 Å². The van der Waals surface area contributed by atoms with Crippen molar-refractivity contribution in [1.82, 2.24) is 15.0 Å². The van der Waals surface area contributed by atoms with Gasteiger partial charge in [-0.3, -0.25) is 9.71 Å². The summed E-state index contributed by atoms with van der Waals surface area (Å²) in [6, 6.07) is 17.7. The molecule has 0 aliphatic carbocycles. The van der Waals surface area contributed by atoms with E-state index in [-0.39, 0.29) is 4.90 Å². The topological polar surface area (TPSA) is 100 Å². The van der Waals surface area contributed by atoms with Crippen molar-refractivity contribution in [2.75, 3.05) is 28.0 Å². The summed E-state index contributed by atoms with van der Waals surface area (Å²) in [6.07, 6.45) is 5.16. The maximum Gasteiger partial charge on any atom is 0.264 e. The molecule has 34 heavy (non-hydrogen) atoms. The van der Waals surface area contributed by atoms with Crippen LogP contribution in [0.25, 0.3) is 10.9 Å². The molecule has 0 radical (unpaired) electrons. The molecule has 0 unspecified atom stereocenters. The number of hydrogen-bond donors (Lipinski definition) is 2. The van der Waals surface area contributed by atoms with Crippen LogP contribution in [0.3, 0.4) is 0 Å². The van der Waals surface area contributed by atoms with Crippen LogP contribution < -0.4 is 14.9 Å². The number of aromatic nitrogens is 3. The van der Waals surface area contributed by atoms with Gasteiger partial charge in [-0.1, -0.05) is 18.2 Å². The summed E-state index contributed by atoms with van der Waals surface area (Å²) in [5, 5.41) is 4.08. The molecule has 9 heteroatoms. The molecule has 1 aliphatic rings. The number of pyridine rings is 1. The Balaban J connectivity index is 1.33. The number of nitrogens with zero attached hydrogens (tertiary/aromatic N) is 4. The summed E-state index contributed by atoms with van der Waals surface area (Å²) in [7, 11) is -3.79. The average molecular weight is 475 g/mol. The lowest BCUT2D eigenvalue weighted by atomic mass is 10.1. The normalized spacial score (nSPS) is 14.2. The maximum absolute atomic E-state index is 13.0. The van der Waals surface area contributed by atoms with E-state index >= 15 is 0 Å². The maximum atomic E-state index is 13.0. The van der Waals surface area contributed by atoms with Crippen molar-refractivity contribution in [3.63, 3.8) is 0 Å². The molecule has 0 spiro atoms. The molecule has 4 aromatic rings. The van der Waals surface area contributed by atoms with Crippen LogP contribution >= 0.6 is 0 Å². The van der Waals surface area contributed by atoms with Crippen molar-refractivity contribution < 1.29 is 8.42 Å². The van der Waals surface area contributed by atoms with Gasteiger partial charge >= 0.3 is 0 Å². The Morgan fingerprint density at radius 2 is 1.62 bits per heavy atom. The summed E-state index contributed by atoms with van der Waals surface area (Å²) in [4.78, 5) is 15.9. The van der Waals surface area contributed by atoms with E-state index in [1.165, 1.54) is 6.42 Å². The van der Waals surface area contributed by atoms with Crippen LogP contribution in [0.2, 0.25) is 0 Å². The van der Waals surface area contributed by atoms with Crippen LogP contribution in [0.15, 0.2) is 71.8 Å². The first-order valence-electron chi connectivity index (χ1n) is 11.3. The van der Waals surface area contributed by atoms with Crippen molar-refractivity contribution in [3.8, 4) is 0 Å². The van der Waals surface area contributed by atoms with Crippen molar-refractivity contribution in [3.05, 3.63) is 72.6 Å². The Labute approximate surface area is 199 Å². The highest BCUT2D eigenvalue weighted by atomic mass is 32.2. The molecule has 0 atom stereocenters. The molecular formula is C25H26N6O2S. The van der Waals surface area contributed by atoms with Gasteiger partial charge in [0, 0.05) is 47.8 Å². The zero-order valence-electron chi connectivity index (χ0n) is 18.9. The van der Waals surface area contributed by atoms with Gasteiger partial charge in [0.15, 0.2) is 0 Å². The van der Waals surface area contributed by atoms with Gasteiger partial charge < -0.3 is 10.2 Å². The van der Waals surface area contributed by atoms with Crippen molar-refractivity contribution in [2.24, 2.45) is 0 Å². The van der Waals surface area contributed by atoms with Gasteiger partial charge in [0.1, 0.15) is 10.7 Å². The second-order valence-corrected chi connectivity index (χ2v) is 10.0. The molecule has 1 aliphatic heterocycles. The third kappa shape index (κ3) is 4.79. The lowest BCUT2D eigenvalue weighted by molar-refractivity contribution is 0.568. The largest absolute Gasteiger partial charge is 0.341 e. The molecule has 174 valence electrons. The first-order chi connectivity index (χ1) is 16.5. The Bertz CT molecular complexity index is 1410. The molecule has 5 rings (SSSR count). The van der Waals surface area contributed by atoms with Gasteiger partial charge in [0.2, 0.25) is 5.95 Å². The highest BCUT2D eigenvalue weighted by Gasteiger charge is 2.18. The quantitative estimate of drug-likeness (QED) is 0.411. The number of rotatable bonds is 6. The van der Waals surface area contributed by atoms with Gasteiger partial charge in [-0.25, -0.2) is 13.4 Å². The summed E-state index contributed by atoms with van der Waals surface area (Å²) < 4.78 is 28.7. The standard InChI is InChI=1S/C25H26N6O2S/c1-18-17-23(29-25(27-18)31-15-3-2-4-16-31)28-20-10-12-21(13-11-20)30-34(32,33)22-9-5-7-19-8-6-14-26-24(19)22/h5-14,17,30H,2-4,15-16H2,1H3,(H,27,28,29). The predicted molar refractivity (Wildman–Crippen MR) is 135 cm³/mol. The molecule has 2 aromatic heterocycles. The number of fused-ring (bicyclic) bond motifs is 1. The lowest BCUT2D eigenvalue weighted by Crippen LogP contribution is -2.31. The van der Waals surface area contributed by atoms with Gasteiger partial charge in [0.25, 0.3) is 10.0 Å². The second-order valence-electron chi connectivity index (χ2n) is 8.38. The number of sulfonamides is 1. The van der Waals surface area contributed by atoms with E-state index in [9.17, 15) is 8.42 Å². The van der Waals surface area contributed by atoms with E-state index in [1.54, 1.807) is 36.5 Å². The predicted octanol–water partition coefficient (Wildman–Crippen LogP) is 4.87. The van der Waals surface area contributed by atoms with Gasteiger partial charge in [-0.05, 0) is 62.6 Å². The van der Waals surface area contributed by atoms with E-state index in [4.69, 9.17) is 0 Å². The van der Waals surface area contributed by atoms with E-state index < -0.39 is 10.0 Å². The number of aryl methyl sites for hydroxylation is 1. The molecule has 0 amide bonds. The van der Waals surface area contributed by atoms with Crippen molar-refractivity contribution in [2.45, 2.75) is 31.1 Å². The minimum Gasteiger partial charge on any atom is -0.341 e. The third-order valence-electron chi connectivity index (χ3n) is 5.78. The lowest BCUT2D eigenvalue weighted by Gasteiger charge is -2.27.